The highest BCUT2D eigenvalue weighted by Crippen LogP contribution is 2.29. The van der Waals surface area contributed by atoms with E-state index in [4.69, 9.17) is 0 Å². The van der Waals surface area contributed by atoms with Gasteiger partial charge in [-0.2, -0.15) is 0 Å². The van der Waals surface area contributed by atoms with Crippen LogP contribution in [0, 0.1) is 0 Å². The fourth-order valence-electron chi connectivity index (χ4n) is 2.94. The smallest absolute Gasteiger partial charge is 0.115 e. The summed E-state index contributed by atoms with van der Waals surface area (Å²) in [6, 6.07) is 13.8. The first-order valence-corrected chi connectivity index (χ1v) is 8.65. The molecule has 0 bridgehead atoms. The van der Waals surface area contributed by atoms with Gasteiger partial charge in [-0.25, -0.2) is 0 Å². The summed E-state index contributed by atoms with van der Waals surface area (Å²) < 4.78 is 0. The molecule has 0 saturated carbocycles. The molecule has 25 heavy (non-hydrogen) atoms. The highest BCUT2D eigenvalue weighted by molar-refractivity contribution is 5.96. The van der Waals surface area contributed by atoms with Crippen molar-refractivity contribution in [2.45, 2.75) is 13.0 Å². The zero-order valence-corrected chi connectivity index (χ0v) is 14.9. The summed E-state index contributed by atoms with van der Waals surface area (Å²) >= 11 is 0. The van der Waals surface area contributed by atoms with Crippen molar-refractivity contribution in [3.63, 3.8) is 0 Å². The minimum atomic E-state index is 0.277. The second kappa shape index (κ2) is 8.10. The molecule has 0 aliphatic carbocycles. The lowest BCUT2D eigenvalue weighted by atomic mass is 9.99. The predicted molar refractivity (Wildman–Crippen MR) is 104 cm³/mol. The summed E-state index contributed by atoms with van der Waals surface area (Å²) in [7, 11) is 4.20. The Morgan fingerprint density at radius 3 is 2.60 bits per heavy atom. The van der Waals surface area contributed by atoms with Crippen molar-refractivity contribution in [3.8, 4) is 16.9 Å². The van der Waals surface area contributed by atoms with Crippen LogP contribution >= 0.6 is 0 Å². The van der Waals surface area contributed by atoms with Crippen LogP contribution in [0.15, 0.2) is 54.9 Å². The van der Waals surface area contributed by atoms with E-state index in [9.17, 15) is 5.11 Å². The molecule has 4 nitrogen and oxygen atoms in total. The van der Waals surface area contributed by atoms with Crippen molar-refractivity contribution in [1.29, 1.82) is 0 Å². The van der Waals surface area contributed by atoms with Crippen LogP contribution in [0.3, 0.4) is 0 Å². The molecule has 130 valence electrons. The van der Waals surface area contributed by atoms with E-state index >= 15 is 0 Å². The van der Waals surface area contributed by atoms with Crippen LogP contribution in [0.2, 0.25) is 0 Å². The van der Waals surface area contributed by atoms with Gasteiger partial charge in [0.1, 0.15) is 5.75 Å². The molecule has 0 fully saturated rings. The Kier molecular flexibility index (Phi) is 5.64. The van der Waals surface area contributed by atoms with Gasteiger partial charge in [-0.3, -0.25) is 4.98 Å². The number of aromatic hydroxyl groups is 1. The molecule has 0 spiro atoms. The molecule has 0 saturated heterocycles. The molecule has 3 rings (SSSR count). The van der Waals surface area contributed by atoms with E-state index in [0.717, 1.165) is 42.6 Å². The average Bonchev–Trinajstić information content (AvgIpc) is 2.61. The third kappa shape index (κ3) is 4.56. The molecule has 1 heterocycles. The van der Waals surface area contributed by atoms with Crippen LogP contribution in [0.25, 0.3) is 21.9 Å². The Balaban J connectivity index is 1.79. The third-order valence-corrected chi connectivity index (χ3v) is 4.29. The van der Waals surface area contributed by atoms with Gasteiger partial charge in [-0.1, -0.05) is 24.3 Å². The summed E-state index contributed by atoms with van der Waals surface area (Å²) in [6.45, 7) is 2.97. The van der Waals surface area contributed by atoms with Crippen LogP contribution in [0.4, 0.5) is 0 Å². The van der Waals surface area contributed by atoms with Crippen molar-refractivity contribution in [2.75, 3.05) is 27.2 Å². The monoisotopic (exact) mass is 335 g/mol. The van der Waals surface area contributed by atoms with E-state index in [0.29, 0.717) is 0 Å². The molecular formula is C21H25N3O. The molecular weight excluding hydrogens is 310 g/mol. The molecule has 2 N–H and O–H groups in total. The number of nitrogens with zero attached hydrogens (tertiary/aromatic N) is 2. The van der Waals surface area contributed by atoms with E-state index in [2.05, 4.69) is 47.5 Å². The lowest BCUT2D eigenvalue weighted by Crippen LogP contribution is -2.20. The van der Waals surface area contributed by atoms with Crippen LogP contribution < -0.4 is 5.32 Å². The van der Waals surface area contributed by atoms with E-state index in [-0.39, 0.29) is 5.75 Å². The maximum atomic E-state index is 9.51. The van der Waals surface area contributed by atoms with Gasteiger partial charge in [0.15, 0.2) is 0 Å². The van der Waals surface area contributed by atoms with Gasteiger partial charge < -0.3 is 15.3 Å². The van der Waals surface area contributed by atoms with E-state index in [1.165, 1.54) is 10.9 Å². The van der Waals surface area contributed by atoms with Crippen molar-refractivity contribution < 1.29 is 5.11 Å². The molecule has 0 unspecified atom stereocenters. The minimum absolute atomic E-state index is 0.277. The van der Waals surface area contributed by atoms with Gasteiger partial charge in [0.2, 0.25) is 0 Å². The van der Waals surface area contributed by atoms with Crippen molar-refractivity contribution in [3.05, 3.63) is 60.4 Å². The van der Waals surface area contributed by atoms with Crippen molar-refractivity contribution in [1.82, 2.24) is 15.2 Å². The molecule has 1 aromatic heterocycles. The van der Waals surface area contributed by atoms with Gasteiger partial charge in [0.25, 0.3) is 0 Å². The zero-order valence-electron chi connectivity index (χ0n) is 14.9. The largest absolute Gasteiger partial charge is 0.508 e. The van der Waals surface area contributed by atoms with Crippen LogP contribution in [0.1, 0.15) is 12.0 Å². The number of phenolic OH excluding ortho intramolecular Hbond substituents is 1. The minimum Gasteiger partial charge on any atom is -0.508 e. The molecule has 0 aliphatic heterocycles. The van der Waals surface area contributed by atoms with E-state index in [1.54, 1.807) is 12.1 Å². The summed E-state index contributed by atoms with van der Waals surface area (Å²) in [4.78, 5) is 6.56. The topological polar surface area (TPSA) is 48.4 Å². The quantitative estimate of drug-likeness (QED) is 0.647. The van der Waals surface area contributed by atoms with Gasteiger partial charge in [0.05, 0.1) is 0 Å². The Morgan fingerprint density at radius 1 is 1.04 bits per heavy atom. The second-order valence-corrected chi connectivity index (χ2v) is 6.62. The molecule has 3 aromatic rings. The number of pyridine rings is 1. The van der Waals surface area contributed by atoms with Gasteiger partial charge in [-0.15, -0.1) is 0 Å². The van der Waals surface area contributed by atoms with E-state index < -0.39 is 0 Å². The number of hydrogen-bond donors (Lipinski definition) is 2. The SMILES string of the molecule is CN(C)CCCNCc1ccc2cncc(-c3ccc(O)cc3)c2c1. The fraction of sp³-hybridized carbons (Fsp3) is 0.286. The summed E-state index contributed by atoms with van der Waals surface area (Å²) in [5.74, 6) is 0.277. The Labute approximate surface area is 149 Å². The lowest BCUT2D eigenvalue weighted by molar-refractivity contribution is 0.394. The molecule has 0 radical (unpaired) electrons. The normalized spacial score (nSPS) is 11.3. The van der Waals surface area contributed by atoms with Gasteiger partial charge in [-0.05, 0) is 68.3 Å². The number of phenols is 1. The molecule has 4 heteroatoms. The maximum Gasteiger partial charge on any atom is 0.115 e. The summed E-state index contributed by atoms with van der Waals surface area (Å²) in [6.07, 6.45) is 4.93. The lowest BCUT2D eigenvalue weighted by Gasteiger charge is -2.11. The first-order valence-electron chi connectivity index (χ1n) is 8.65. The second-order valence-electron chi connectivity index (χ2n) is 6.62. The zero-order chi connectivity index (χ0) is 17.6. The number of benzene rings is 2. The number of nitrogens with one attached hydrogen (secondary N) is 1. The van der Waals surface area contributed by atoms with Crippen molar-refractivity contribution >= 4 is 10.8 Å². The maximum absolute atomic E-state index is 9.51. The molecule has 0 atom stereocenters. The number of hydrogen-bond acceptors (Lipinski definition) is 4. The Morgan fingerprint density at radius 2 is 1.84 bits per heavy atom. The average molecular weight is 335 g/mol. The molecule has 0 amide bonds. The fourth-order valence-corrected chi connectivity index (χ4v) is 2.94. The highest BCUT2D eigenvalue weighted by atomic mass is 16.3. The first-order chi connectivity index (χ1) is 12.1. The summed E-state index contributed by atoms with van der Waals surface area (Å²) in [5.41, 5.74) is 3.42. The van der Waals surface area contributed by atoms with Crippen LogP contribution in [0.5, 0.6) is 5.75 Å². The third-order valence-electron chi connectivity index (χ3n) is 4.29. The highest BCUT2D eigenvalue weighted by Gasteiger charge is 2.06. The number of fused-ring (bicyclic) bond motifs is 1. The number of rotatable bonds is 7. The van der Waals surface area contributed by atoms with Crippen molar-refractivity contribution in [2.24, 2.45) is 0 Å². The van der Waals surface area contributed by atoms with Crippen LogP contribution in [-0.4, -0.2) is 42.2 Å². The Bertz CT molecular complexity index is 828. The van der Waals surface area contributed by atoms with E-state index in [1.807, 2.05) is 24.5 Å². The van der Waals surface area contributed by atoms with Gasteiger partial charge in [0, 0.05) is 29.9 Å². The standard InChI is InChI=1S/C21H25N3O/c1-24(2)11-3-10-22-13-16-4-5-18-14-23-15-21(20(18)12-16)17-6-8-19(25)9-7-17/h4-9,12,14-15,22,25H,3,10-11,13H2,1-2H3. The Hall–Kier alpha value is -2.43. The molecule has 0 aliphatic rings. The first kappa shape index (κ1) is 17.4. The molecule has 2 aromatic carbocycles. The predicted octanol–water partition coefficient (Wildman–Crippen LogP) is 3.65. The van der Waals surface area contributed by atoms with Crippen LogP contribution in [-0.2, 0) is 6.54 Å². The summed E-state index contributed by atoms with van der Waals surface area (Å²) in [5, 5.41) is 15.3. The number of aromatic nitrogens is 1. The van der Waals surface area contributed by atoms with Gasteiger partial charge >= 0.3 is 0 Å².